The average molecular weight is 988 g/mol. The molecule has 372 valence electrons. The molecule has 3 aromatic heterocycles. The van der Waals surface area contributed by atoms with Crippen LogP contribution in [0.1, 0.15) is 41.7 Å². The molecular weight excluding hydrogens is 936 g/mol. The molecule has 16 heteroatoms. The fraction of sp³-hybridized carbons (Fsp3) is 0.224. The van der Waals surface area contributed by atoms with E-state index in [1.165, 1.54) is 0 Å². The van der Waals surface area contributed by atoms with E-state index in [4.69, 9.17) is 14.2 Å². The average Bonchev–Trinajstić information content (AvgIpc) is 3.40. The Labute approximate surface area is 426 Å². The third-order valence-electron chi connectivity index (χ3n) is 12.8. The number of ketones is 3. The first kappa shape index (κ1) is 48.7. The monoisotopic (exact) mass is 987 g/mol. The number of fused-ring (bicyclic) bond motifs is 6. The number of ether oxygens (including phenoxy) is 3. The van der Waals surface area contributed by atoms with E-state index in [1.807, 2.05) is 139 Å². The zero-order valence-corrected chi connectivity index (χ0v) is 41.6. The van der Waals surface area contributed by atoms with Gasteiger partial charge in [-0.25, -0.2) is 24.9 Å². The van der Waals surface area contributed by atoms with Crippen LogP contribution in [0.5, 0.6) is 17.2 Å². The highest BCUT2D eigenvalue weighted by Gasteiger charge is 2.30. The lowest BCUT2D eigenvalue weighted by atomic mass is 10.00. The van der Waals surface area contributed by atoms with Gasteiger partial charge in [0.1, 0.15) is 46.4 Å². The molecule has 0 radical (unpaired) electrons. The van der Waals surface area contributed by atoms with E-state index in [-0.39, 0.29) is 23.9 Å². The lowest BCUT2D eigenvalue weighted by Gasteiger charge is -2.30. The fourth-order valence-corrected chi connectivity index (χ4v) is 9.62. The number of anilines is 6. The highest BCUT2D eigenvalue weighted by atomic mass is 18.2. The van der Waals surface area contributed by atoms with E-state index in [9.17, 15) is 18.8 Å². The number of nitrogens with zero attached hydrogens (tertiary/aromatic N) is 9. The number of rotatable bonds is 8. The van der Waals surface area contributed by atoms with Crippen LogP contribution >= 0.6 is 0 Å². The number of carbonyl (C=O) groups excluding carboxylic acids is 3. The lowest BCUT2D eigenvalue weighted by Crippen LogP contribution is -2.33. The molecule has 74 heavy (non-hydrogen) atoms. The largest absolute Gasteiger partial charge is 0.497 e. The maximum absolute atomic E-state index is 13.9. The Morgan fingerprint density at radius 3 is 1.24 bits per heavy atom. The lowest BCUT2D eigenvalue weighted by molar-refractivity contribution is -0.118. The van der Waals surface area contributed by atoms with Gasteiger partial charge in [-0.1, -0.05) is 43.3 Å². The van der Waals surface area contributed by atoms with Gasteiger partial charge in [-0.05, 0) is 128 Å². The van der Waals surface area contributed by atoms with Crippen LogP contribution in [-0.4, -0.2) is 87.7 Å². The number of hydrogen-bond donors (Lipinski definition) is 0. The number of benzene rings is 6. The minimum absolute atomic E-state index is 0.0406. The Balaban J connectivity index is 0.000000127. The Hall–Kier alpha value is -8.92. The molecule has 15 nitrogen and oxygen atoms in total. The highest BCUT2D eigenvalue weighted by molar-refractivity contribution is 6.01. The number of para-hydroxylation sites is 3. The van der Waals surface area contributed by atoms with Crippen molar-refractivity contribution in [3.63, 3.8) is 0 Å². The summed E-state index contributed by atoms with van der Waals surface area (Å²) in [5.41, 5.74) is 7.91. The van der Waals surface area contributed by atoms with Gasteiger partial charge in [0.05, 0.1) is 57.0 Å². The van der Waals surface area contributed by atoms with E-state index in [0.29, 0.717) is 73.1 Å². The quantitative estimate of drug-likeness (QED) is 0.132. The van der Waals surface area contributed by atoms with Crippen molar-refractivity contribution in [2.45, 2.75) is 46.5 Å². The minimum Gasteiger partial charge on any atom is -0.497 e. The third kappa shape index (κ3) is 10.1. The number of halogens is 1. The molecule has 0 fully saturated rings. The number of aryl methyl sites for hydroxylation is 2. The van der Waals surface area contributed by atoms with Gasteiger partial charge in [0.2, 0.25) is 0 Å². The van der Waals surface area contributed by atoms with Crippen LogP contribution in [0.15, 0.2) is 127 Å². The van der Waals surface area contributed by atoms with Crippen LogP contribution < -0.4 is 28.9 Å². The van der Waals surface area contributed by atoms with Gasteiger partial charge in [0.15, 0.2) is 17.3 Å². The molecule has 9 aromatic rings. The second kappa shape index (κ2) is 21.0. The molecule has 0 saturated heterocycles. The first-order valence-electron chi connectivity index (χ1n) is 24.3. The predicted molar refractivity (Wildman–Crippen MR) is 283 cm³/mol. The summed E-state index contributed by atoms with van der Waals surface area (Å²) in [7, 11) is 3.21. The van der Waals surface area contributed by atoms with Gasteiger partial charge < -0.3 is 28.9 Å². The third-order valence-corrected chi connectivity index (χ3v) is 12.8. The molecule has 0 saturated carbocycles. The first-order valence-corrected chi connectivity index (χ1v) is 24.3. The van der Waals surface area contributed by atoms with Gasteiger partial charge >= 0.3 is 6.08 Å². The van der Waals surface area contributed by atoms with Crippen LogP contribution in [0.3, 0.4) is 0 Å². The molecular formula is C58H52FN9O6. The molecule has 6 aromatic carbocycles. The molecule has 3 aliphatic rings. The van der Waals surface area contributed by atoms with E-state index in [1.54, 1.807) is 31.3 Å². The molecule has 0 unspecified atom stereocenters. The van der Waals surface area contributed by atoms with Gasteiger partial charge in [0, 0.05) is 52.5 Å². The first-order chi connectivity index (χ1) is 36.0. The second-order valence-corrected chi connectivity index (χ2v) is 18.1. The smallest absolute Gasteiger partial charge is 0.311 e. The van der Waals surface area contributed by atoms with Crippen molar-refractivity contribution in [3.8, 4) is 17.2 Å². The molecule has 0 aliphatic carbocycles. The number of methoxy groups -OCH3 is 2. The predicted octanol–water partition coefficient (Wildman–Crippen LogP) is 10.2. The van der Waals surface area contributed by atoms with Crippen LogP contribution in [0.4, 0.5) is 38.9 Å². The van der Waals surface area contributed by atoms with E-state index < -0.39 is 6.08 Å². The van der Waals surface area contributed by atoms with Crippen LogP contribution in [-0.2, 0) is 33.6 Å². The zero-order chi connectivity index (χ0) is 51.5. The van der Waals surface area contributed by atoms with E-state index in [2.05, 4.69) is 36.8 Å². The van der Waals surface area contributed by atoms with Crippen molar-refractivity contribution in [1.29, 1.82) is 0 Å². The van der Waals surface area contributed by atoms with Gasteiger partial charge in [-0.3, -0.25) is 14.4 Å². The maximum atomic E-state index is 13.9. The van der Waals surface area contributed by atoms with Crippen molar-refractivity contribution in [2.24, 2.45) is 0 Å². The van der Waals surface area contributed by atoms with Gasteiger partial charge in [-0.2, -0.15) is 9.37 Å². The standard InChI is InChI=1S/C21H21N3O2.C19H17N3O2.C18H14FN3O2/c1-3-10-26-17-8-9-20-15(12-17)11-16(25)13-24(20)21-18-6-4-5-7-19(18)22-14(2)23-21;1-12-20-17-6-4-3-5-16(17)19(21-12)22-11-14(23)9-13-10-15(24-2)7-8-18(13)22;1-24-13-6-7-16-11(9-13)8-12(23)10-22(16)17-14-4-2-3-5-15(14)20-18(19)21-17/h4-9,12H,3,10-11,13H2,1-2H3;3-8,10H,9,11H2,1-2H3;2-7,9H,8,10H2,1H3/i;2-1;19-1. The summed E-state index contributed by atoms with van der Waals surface area (Å²) < 4.78 is 30.1. The summed E-state index contributed by atoms with van der Waals surface area (Å²) >= 11 is 0. The second-order valence-electron chi connectivity index (χ2n) is 18.1. The molecule has 0 spiro atoms. The number of hydrogen-bond acceptors (Lipinski definition) is 15. The molecule has 12 rings (SSSR count). The molecule has 0 bridgehead atoms. The number of Topliss-reactive ketones (excluding diaryl/α,β-unsaturated/α-hetero) is 3. The topological polar surface area (TPSA) is 166 Å². The molecule has 0 amide bonds. The summed E-state index contributed by atoms with van der Waals surface area (Å²) in [4.78, 5) is 68.8. The summed E-state index contributed by atoms with van der Waals surface area (Å²) in [5.74, 6) is 5.97. The van der Waals surface area contributed by atoms with Gasteiger partial charge in [0.25, 0.3) is 0 Å². The van der Waals surface area contributed by atoms with Gasteiger partial charge in [-0.15, -0.1) is 0 Å². The minimum atomic E-state index is -0.809. The van der Waals surface area contributed by atoms with Crippen molar-refractivity contribution in [2.75, 3.05) is 55.2 Å². The van der Waals surface area contributed by atoms with Crippen LogP contribution in [0, 0.1) is 19.9 Å². The Morgan fingerprint density at radius 1 is 0.473 bits per heavy atom. The zero-order valence-electron chi connectivity index (χ0n) is 41.6. The van der Waals surface area contributed by atoms with E-state index >= 15 is 0 Å². The fourth-order valence-electron chi connectivity index (χ4n) is 9.62. The van der Waals surface area contributed by atoms with Crippen LogP contribution in [0.25, 0.3) is 32.7 Å². The summed E-state index contributed by atoms with van der Waals surface area (Å²) in [6.07, 6.45) is 1.32. The SMILES string of the molecule is CCCOc1ccc2c(c1)CC(=O)CN2c1nc(C)nc2ccccc12.COc1ccc2c(c1)CC(=O)CN2c1nc([18F])nc2ccccc12.Cc1nc(N2CC(=O)Cc3cc(O[11CH3])ccc32)c2ccccc2n1. The van der Waals surface area contributed by atoms with Crippen molar-refractivity contribution < 1.29 is 33.0 Å². The van der Waals surface area contributed by atoms with E-state index in [0.717, 1.165) is 85.1 Å². The molecule has 6 heterocycles. The number of aromatic nitrogens is 6. The molecule has 0 N–H and O–H groups in total. The van der Waals surface area contributed by atoms with Crippen molar-refractivity contribution >= 4 is 84.6 Å². The highest BCUT2D eigenvalue weighted by Crippen LogP contribution is 2.40. The Kier molecular flexibility index (Phi) is 13.8. The maximum Gasteiger partial charge on any atom is 0.311 e. The molecule has 3 aliphatic heterocycles. The van der Waals surface area contributed by atoms with Crippen molar-refractivity contribution in [3.05, 3.63) is 162 Å². The normalized spacial score (nSPS) is 13.9. The Morgan fingerprint density at radius 2 is 0.838 bits per heavy atom. The van der Waals surface area contributed by atoms with Crippen LogP contribution in [0.2, 0.25) is 0 Å². The molecule has 0 atom stereocenters. The number of carbonyl (C=O) groups is 3. The van der Waals surface area contributed by atoms with Crippen molar-refractivity contribution in [1.82, 2.24) is 29.9 Å². The Bertz CT molecular complexity index is 3490. The summed E-state index contributed by atoms with van der Waals surface area (Å²) in [6, 6.07) is 40.3. The summed E-state index contributed by atoms with van der Waals surface area (Å²) in [6.45, 7) is 7.29. The summed E-state index contributed by atoms with van der Waals surface area (Å²) in [5, 5.41) is 2.60.